The molecule has 1 aliphatic heterocycles. The molecule has 1 aliphatic rings. The number of hydrogen-bond acceptors (Lipinski definition) is 3. The number of nitrogens with one attached hydrogen (secondary N) is 1. The zero-order valence-corrected chi connectivity index (χ0v) is 11.0. The Hall–Kier alpha value is -1.67. The van der Waals surface area contributed by atoms with Gasteiger partial charge >= 0.3 is 12.1 Å². The second-order valence-corrected chi connectivity index (χ2v) is 4.80. The molecule has 1 atom stereocenters. The number of hydrogen-bond donors (Lipinski definition) is 2. The number of carboxylic acids is 1. The number of nitrogens with zero attached hydrogens (tertiary/aromatic N) is 1. The molecule has 0 spiro atoms. The summed E-state index contributed by atoms with van der Waals surface area (Å²) in [6, 6.07) is 0.615. The number of benzene rings is 1. The summed E-state index contributed by atoms with van der Waals surface area (Å²) in [5.41, 5.74) is -1.38. The second-order valence-electron chi connectivity index (χ2n) is 4.80. The number of carboxylic acid groups (broad SMARTS) is 1. The van der Waals surface area contributed by atoms with Gasteiger partial charge in [-0.05, 0) is 23.8 Å². The molecule has 1 fully saturated rings. The molecule has 4 nitrogen and oxygen atoms in total. The summed E-state index contributed by atoms with van der Waals surface area (Å²) < 4.78 is 51.6. The van der Waals surface area contributed by atoms with Crippen LogP contribution in [0.15, 0.2) is 18.2 Å². The Labute approximate surface area is 118 Å². The van der Waals surface area contributed by atoms with Crippen LogP contribution in [0.5, 0.6) is 0 Å². The van der Waals surface area contributed by atoms with E-state index >= 15 is 0 Å². The van der Waals surface area contributed by atoms with Gasteiger partial charge in [0, 0.05) is 26.2 Å². The van der Waals surface area contributed by atoms with Gasteiger partial charge in [-0.1, -0.05) is 0 Å². The summed E-state index contributed by atoms with van der Waals surface area (Å²) in [4.78, 5) is 12.9. The molecule has 1 unspecified atom stereocenters. The second kappa shape index (κ2) is 5.98. The lowest BCUT2D eigenvalue weighted by atomic mass is 10.0. The molecule has 1 saturated heterocycles. The van der Waals surface area contributed by atoms with Crippen LogP contribution in [0.4, 0.5) is 17.6 Å². The predicted molar refractivity (Wildman–Crippen MR) is 66.2 cm³/mol. The van der Waals surface area contributed by atoms with Gasteiger partial charge in [0.1, 0.15) is 11.9 Å². The lowest BCUT2D eigenvalue weighted by Gasteiger charge is -2.32. The molecular formula is C13H14F4N2O2. The first-order chi connectivity index (χ1) is 9.79. The standard InChI is InChI=1S/C13H14F4N2O2/c14-10-6-8(5-9(7-10)13(15,16)17)11(12(20)21)19-3-1-18-2-4-19/h5-7,11,18H,1-4H2,(H,20,21). The Morgan fingerprint density at radius 1 is 1.24 bits per heavy atom. The molecule has 0 radical (unpaired) electrons. The van der Waals surface area contributed by atoms with E-state index in [-0.39, 0.29) is 5.56 Å². The Morgan fingerprint density at radius 3 is 2.38 bits per heavy atom. The van der Waals surface area contributed by atoms with Crippen molar-refractivity contribution in [2.24, 2.45) is 0 Å². The van der Waals surface area contributed by atoms with Crippen LogP contribution in [0.2, 0.25) is 0 Å². The Morgan fingerprint density at radius 2 is 1.86 bits per heavy atom. The van der Waals surface area contributed by atoms with E-state index in [4.69, 9.17) is 0 Å². The van der Waals surface area contributed by atoms with Crippen LogP contribution in [0, 0.1) is 5.82 Å². The number of rotatable bonds is 3. The smallest absolute Gasteiger partial charge is 0.416 e. The fraction of sp³-hybridized carbons (Fsp3) is 0.462. The Kier molecular flexibility index (Phi) is 4.48. The molecule has 21 heavy (non-hydrogen) atoms. The molecule has 0 saturated carbocycles. The highest BCUT2D eigenvalue weighted by atomic mass is 19.4. The minimum atomic E-state index is -4.72. The van der Waals surface area contributed by atoms with Gasteiger partial charge in [-0.3, -0.25) is 9.69 Å². The van der Waals surface area contributed by atoms with Crippen molar-refractivity contribution in [3.05, 3.63) is 35.1 Å². The highest BCUT2D eigenvalue weighted by Crippen LogP contribution is 2.33. The summed E-state index contributed by atoms with van der Waals surface area (Å²) in [5.74, 6) is -2.39. The van der Waals surface area contributed by atoms with Gasteiger partial charge in [-0.2, -0.15) is 13.2 Å². The van der Waals surface area contributed by atoms with E-state index in [2.05, 4.69) is 5.32 Å². The van der Waals surface area contributed by atoms with Crippen molar-refractivity contribution in [3.8, 4) is 0 Å². The molecule has 0 bridgehead atoms. The van der Waals surface area contributed by atoms with Gasteiger partial charge in [0.15, 0.2) is 0 Å². The molecule has 1 aromatic rings. The third-order valence-electron chi connectivity index (χ3n) is 3.31. The molecule has 0 aliphatic carbocycles. The molecule has 1 heterocycles. The van der Waals surface area contributed by atoms with Gasteiger partial charge in [0.2, 0.25) is 0 Å². The normalized spacial score (nSPS) is 18.5. The third kappa shape index (κ3) is 3.70. The lowest BCUT2D eigenvalue weighted by Crippen LogP contribution is -2.47. The van der Waals surface area contributed by atoms with E-state index in [1.807, 2.05) is 0 Å². The first-order valence-electron chi connectivity index (χ1n) is 6.34. The van der Waals surface area contributed by atoms with E-state index in [0.717, 1.165) is 6.07 Å². The maximum atomic E-state index is 13.4. The number of aliphatic carboxylic acids is 1. The number of carbonyl (C=O) groups is 1. The zero-order chi connectivity index (χ0) is 15.6. The van der Waals surface area contributed by atoms with E-state index in [9.17, 15) is 27.5 Å². The molecule has 2 N–H and O–H groups in total. The average molecular weight is 306 g/mol. The molecule has 1 aromatic carbocycles. The molecule has 0 amide bonds. The van der Waals surface area contributed by atoms with E-state index in [0.29, 0.717) is 38.3 Å². The van der Waals surface area contributed by atoms with Crippen molar-refractivity contribution in [2.45, 2.75) is 12.2 Å². The van der Waals surface area contributed by atoms with E-state index in [1.165, 1.54) is 4.90 Å². The monoisotopic (exact) mass is 306 g/mol. The van der Waals surface area contributed by atoms with Crippen LogP contribution in [0.25, 0.3) is 0 Å². The molecule has 2 rings (SSSR count). The van der Waals surface area contributed by atoms with Gasteiger partial charge in [-0.25, -0.2) is 4.39 Å². The first-order valence-corrected chi connectivity index (χ1v) is 6.34. The number of piperazine rings is 1. The lowest BCUT2D eigenvalue weighted by molar-refractivity contribution is -0.144. The quantitative estimate of drug-likeness (QED) is 0.837. The summed E-state index contributed by atoms with van der Waals surface area (Å²) in [7, 11) is 0. The van der Waals surface area contributed by atoms with Crippen LogP contribution >= 0.6 is 0 Å². The summed E-state index contributed by atoms with van der Waals surface area (Å²) in [6.45, 7) is 1.81. The zero-order valence-electron chi connectivity index (χ0n) is 11.0. The largest absolute Gasteiger partial charge is 0.480 e. The van der Waals surface area contributed by atoms with Crippen molar-refractivity contribution in [3.63, 3.8) is 0 Å². The van der Waals surface area contributed by atoms with Crippen LogP contribution < -0.4 is 5.32 Å². The van der Waals surface area contributed by atoms with Crippen molar-refractivity contribution in [2.75, 3.05) is 26.2 Å². The van der Waals surface area contributed by atoms with Crippen molar-refractivity contribution in [1.29, 1.82) is 0 Å². The maximum absolute atomic E-state index is 13.4. The van der Waals surface area contributed by atoms with Crippen LogP contribution in [-0.2, 0) is 11.0 Å². The molecule has 0 aromatic heterocycles. The summed E-state index contributed by atoms with van der Waals surface area (Å²) >= 11 is 0. The predicted octanol–water partition coefficient (Wildman–Crippen LogP) is 1.88. The molecule has 116 valence electrons. The highest BCUT2D eigenvalue weighted by Gasteiger charge is 2.34. The van der Waals surface area contributed by atoms with Crippen molar-refractivity contribution >= 4 is 5.97 Å². The van der Waals surface area contributed by atoms with Gasteiger partial charge in [0.05, 0.1) is 5.56 Å². The third-order valence-corrected chi connectivity index (χ3v) is 3.31. The van der Waals surface area contributed by atoms with Crippen molar-refractivity contribution in [1.82, 2.24) is 10.2 Å². The van der Waals surface area contributed by atoms with Gasteiger partial charge < -0.3 is 10.4 Å². The van der Waals surface area contributed by atoms with E-state index in [1.54, 1.807) is 0 Å². The highest BCUT2D eigenvalue weighted by molar-refractivity contribution is 5.75. The minimum absolute atomic E-state index is 0.197. The maximum Gasteiger partial charge on any atom is 0.416 e. The summed E-state index contributed by atoms with van der Waals surface area (Å²) in [5, 5.41) is 12.3. The van der Waals surface area contributed by atoms with Gasteiger partial charge in [0.25, 0.3) is 0 Å². The fourth-order valence-corrected chi connectivity index (χ4v) is 2.38. The average Bonchev–Trinajstić information content (AvgIpc) is 2.38. The van der Waals surface area contributed by atoms with Crippen LogP contribution in [-0.4, -0.2) is 42.2 Å². The SMILES string of the molecule is O=C(O)C(c1cc(F)cc(C(F)(F)F)c1)N1CCNCC1. The van der Waals surface area contributed by atoms with Crippen LogP contribution in [0.3, 0.4) is 0 Å². The Bertz CT molecular complexity index is 527. The van der Waals surface area contributed by atoms with Crippen LogP contribution in [0.1, 0.15) is 17.2 Å². The topological polar surface area (TPSA) is 52.6 Å². The minimum Gasteiger partial charge on any atom is -0.480 e. The number of alkyl halides is 3. The Balaban J connectivity index is 2.40. The fourth-order valence-electron chi connectivity index (χ4n) is 2.38. The molecule has 8 heteroatoms. The summed E-state index contributed by atoms with van der Waals surface area (Å²) in [6.07, 6.45) is -4.72. The van der Waals surface area contributed by atoms with E-state index < -0.39 is 29.6 Å². The first kappa shape index (κ1) is 15.7. The van der Waals surface area contributed by atoms with Gasteiger partial charge in [-0.15, -0.1) is 0 Å². The van der Waals surface area contributed by atoms with Crippen molar-refractivity contribution < 1.29 is 27.5 Å². The number of halogens is 4. The molecular weight excluding hydrogens is 292 g/mol.